The molecule has 94 valence electrons. The van der Waals surface area contributed by atoms with Crippen molar-refractivity contribution < 1.29 is 24.3 Å². The van der Waals surface area contributed by atoms with Crippen LogP contribution < -0.4 is 4.74 Å². The monoisotopic (exact) mass is 269 g/mol. The molecule has 6 nitrogen and oxygen atoms in total. The van der Waals surface area contributed by atoms with Gasteiger partial charge in [0.2, 0.25) is 0 Å². The molecule has 0 bridgehead atoms. The predicted octanol–water partition coefficient (Wildman–Crippen LogP) is 1.72. The molecule has 0 radical (unpaired) electrons. The minimum Gasteiger partial charge on any atom is -0.481 e. The quantitative estimate of drug-likeness (QED) is 0.664. The number of hydrogen-bond donors (Lipinski definition) is 1. The number of benzene rings is 1. The number of fused-ring (bicyclic) bond motifs is 1. The molecule has 1 aromatic carbocycles. The molecule has 0 saturated carbocycles. The Bertz CT molecular complexity index is 540. The number of halogens is 1. The molecule has 1 aliphatic rings. The zero-order valence-electron chi connectivity index (χ0n) is 9.05. The van der Waals surface area contributed by atoms with Gasteiger partial charge in [0.15, 0.2) is 0 Å². The summed E-state index contributed by atoms with van der Waals surface area (Å²) in [5.74, 6) is -1.32. The topological polar surface area (TPSA) is 85.2 Å². The lowest BCUT2D eigenvalue weighted by Crippen LogP contribution is -2.13. The van der Waals surface area contributed by atoms with Gasteiger partial charge in [0, 0.05) is 5.02 Å². The Hall–Kier alpha value is -2.08. The standard InChI is InChI=1S/C11H8ClNO5/c12-6-1-2-8-7(5-6)10(16)11(18-8)13-17-4-3-9(14)15/h1-2,5H,3-4H2,(H,14,15)/b13-11-. The number of carboxylic acids is 1. The van der Waals surface area contributed by atoms with Crippen molar-refractivity contribution in [3.63, 3.8) is 0 Å². The van der Waals surface area contributed by atoms with Crippen molar-refractivity contribution in [1.82, 2.24) is 0 Å². The van der Waals surface area contributed by atoms with Crippen molar-refractivity contribution in [1.29, 1.82) is 0 Å². The van der Waals surface area contributed by atoms with Crippen LogP contribution in [0.25, 0.3) is 0 Å². The van der Waals surface area contributed by atoms with Gasteiger partial charge < -0.3 is 14.7 Å². The smallest absolute Gasteiger partial charge is 0.306 e. The van der Waals surface area contributed by atoms with Crippen LogP contribution >= 0.6 is 11.6 Å². The number of carboxylic acid groups (broad SMARTS) is 1. The van der Waals surface area contributed by atoms with Gasteiger partial charge in [-0.3, -0.25) is 9.59 Å². The minimum absolute atomic E-state index is 0.132. The average Bonchev–Trinajstić information content (AvgIpc) is 2.62. The van der Waals surface area contributed by atoms with E-state index in [1.54, 1.807) is 12.1 Å². The largest absolute Gasteiger partial charge is 0.481 e. The number of ketones is 1. The van der Waals surface area contributed by atoms with Gasteiger partial charge in [-0.25, -0.2) is 0 Å². The second kappa shape index (κ2) is 5.05. The molecule has 18 heavy (non-hydrogen) atoms. The Morgan fingerprint density at radius 2 is 2.28 bits per heavy atom. The van der Waals surface area contributed by atoms with Crippen molar-refractivity contribution in [3.8, 4) is 5.75 Å². The normalized spacial score (nSPS) is 15.4. The third kappa shape index (κ3) is 2.60. The van der Waals surface area contributed by atoms with Crippen LogP contribution in [0.2, 0.25) is 5.02 Å². The Labute approximate surface area is 107 Å². The SMILES string of the molecule is O=C(O)CCO/N=C1\Oc2ccc(Cl)cc2C1=O. The van der Waals surface area contributed by atoms with Gasteiger partial charge in [0.05, 0.1) is 12.0 Å². The zero-order chi connectivity index (χ0) is 13.1. The van der Waals surface area contributed by atoms with Crippen molar-refractivity contribution in [2.75, 3.05) is 6.61 Å². The summed E-state index contributed by atoms with van der Waals surface area (Å²) in [6, 6.07) is 4.61. The molecule has 2 rings (SSSR count). The molecule has 1 aliphatic heterocycles. The van der Waals surface area contributed by atoms with Gasteiger partial charge in [0.1, 0.15) is 12.4 Å². The first-order chi connectivity index (χ1) is 8.58. The van der Waals surface area contributed by atoms with Crippen LogP contribution in [0, 0.1) is 0 Å². The summed E-state index contributed by atoms with van der Waals surface area (Å²) in [7, 11) is 0. The average molecular weight is 270 g/mol. The van der Waals surface area contributed by atoms with E-state index in [0.29, 0.717) is 16.3 Å². The Balaban J connectivity index is 2.04. The lowest BCUT2D eigenvalue weighted by atomic mass is 10.1. The first kappa shape index (κ1) is 12.4. The van der Waals surface area contributed by atoms with Gasteiger partial charge in [-0.2, -0.15) is 0 Å². The van der Waals surface area contributed by atoms with Crippen LogP contribution in [0.3, 0.4) is 0 Å². The molecule has 0 atom stereocenters. The van der Waals surface area contributed by atoms with E-state index in [1.165, 1.54) is 6.07 Å². The second-order valence-corrected chi connectivity index (χ2v) is 3.88. The summed E-state index contributed by atoms with van der Waals surface area (Å²) in [5.41, 5.74) is 0.308. The van der Waals surface area contributed by atoms with Crippen LogP contribution in [0.15, 0.2) is 23.4 Å². The van der Waals surface area contributed by atoms with E-state index in [1.807, 2.05) is 0 Å². The van der Waals surface area contributed by atoms with Gasteiger partial charge in [0.25, 0.3) is 5.78 Å². The Morgan fingerprint density at radius 1 is 1.50 bits per heavy atom. The van der Waals surface area contributed by atoms with Crippen LogP contribution in [0.5, 0.6) is 5.75 Å². The molecule has 1 aromatic rings. The molecule has 0 unspecified atom stereocenters. The summed E-state index contributed by atoms with van der Waals surface area (Å²) < 4.78 is 5.15. The highest BCUT2D eigenvalue weighted by Crippen LogP contribution is 2.29. The van der Waals surface area contributed by atoms with E-state index >= 15 is 0 Å². The highest BCUT2D eigenvalue weighted by molar-refractivity contribution is 6.47. The number of carbonyl (C=O) groups is 2. The zero-order valence-corrected chi connectivity index (χ0v) is 9.81. The molecule has 0 aliphatic carbocycles. The molecule has 0 fully saturated rings. The van der Waals surface area contributed by atoms with Gasteiger partial charge in [-0.1, -0.05) is 11.6 Å². The van der Waals surface area contributed by atoms with Crippen LogP contribution in [0.4, 0.5) is 0 Å². The summed E-state index contributed by atoms with van der Waals surface area (Å²) in [6.45, 7) is -0.132. The molecule has 0 spiro atoms. The molecule has 0 aromatic heterocycles. The fraction of sp³-hybridized carbons (Fsp3) is 0.182. The van der Waals surface area contributed by atoms with E-state index < -0.39 is 11.8 Å². The summed E-state index contributed by atoms with van der Waals surface area (Å²) in [6.07, 6.45) is -0.205. The maximum absolute atomic E-state index is 11.8. The van der Waals surface area contributed by atoms with E-state index in [-0.39, 0.29) is 18.9 Å². The van der Waals surface area contributed by atoms with Crippen molar-refractivity contribution in [2.24, 2.45) is 5.16 Å². The number of aliphatic carboxylic acids is 1. The molecule has 0 amide bonds. The molecule has 1 N–H and O–H groups in total. The van der Waals surface area contributed by atoms with Crippen LogP contribution in [0.1, 0.15) is 16.8 Å². The third-order valence-electron chi connectivity index (χ3n) is 2.14. The second-order valence-electron chi connectivity index (χ2n) is 3.45. The maximum atomic E-state index is 11.8. The highest BCUT2D eigenvalue weighted by Gasteiger charge is 2.29. The lowest BCUT2D eigenvalue weighted by Gasteiger charge is -1.97. The third-order valence-corrected chi connectivity index (χ3v) is 2.38. The number of nitrogens with zero attached hydrogens (tertiary/aromatic N) is 1. The number of rotatable bonds is 4. The van der Waals surface area contributed by atoms with Gasteiger partial charge in [-0.05, 0) is 23.4 Å². The van der Waals surface area contributed by atoms with Gasteiger partial charge in [-0.15, -0.1) is 0 Å². The molecular weight excluding hydrogens is 262 g/mol. The van der Waals surface area contributed by atoms with E-state index in [9.17, 15) is 9.59 Å². The summed E-state index contributed by atoms with van der Waals surface area (Å²) in [4.78, 5) is 26.7. The van der Waals surface area contributed by atoms with Gasteiger partial charge >= 0.3 is 11.9 Å². The van der Waals surface area contributed by atoms with Crippen molar-refractivity contribution in [3.05, 3.63) is 28.8 Å². The summed E-state index contributed by atoms with van der Waals surface area (Å²) in [5, 5.41) is 12.3. The fourth-order valence-electron chi connectivity index (χ4n) is 1.33. The number of oxime groups is 1. The molecular formula is C11H8ClNO5. The first-order valence-electron chi connectivity index (χ1n) is 5.02. The van der Waals surface area contributed by atoms with E-state index in [4.69, 9.17) is 21.4 Å². The number of ether oxygens (including phenoxy) is 1. The first-order valence-corrected chi connectivity index (χ1v) is 5.39. The van der Waals surface area contributed by atoms with Crippen molar-refractivity contribution in [2.45, 2.75) is 6.42 Å². The Morgan fingerprint density at radius 3 is 3.00 bits per heavy atom. The number of carbonyl (C=O) groups excluding carboxylic acids is 1. The predicted molar refractivity (Wildman–Crippen MR) is 62.1 cm³/mol. The lowest BCUT2D eigenvalue weighted by molar-refractivity contribution is -0.138. The Kier molecular flexibility index (Phi) is 3.47. The molecule has 1 heterocycles. The van der Waals surface area contributed by atoms with E-state index in [0.717, 1.165) is 0 Å². The molecule has 0 saturated heterocycles. The van der Waals surface area contributed by atoms with Crippen LogP contribution in [-0.2, 0) is 9.63 Å². The molecule has 7 heteroatoms. The summed E-state index contributed by atoms with van der Waals surface area (Å²) >= 11 is 5.75. The van der Waals surface area contributed by atoms with E-state index in [2.05, 4.69) is 9.99 Å². The maximum Gasteiger partial charge on any atom is 0.306 e. The number of hydrogen-bond acceptors (Lipinski definition) is 5. The fourth-order valence-corrected chi connectivity index (χ4v) is 1.50. The van der Waals surface area contributed by atoms with Crippen molar-refractivity contribution >= 4 is 29.3 Å². The highest BCUT2D eigenvalue weighted by atomic mass is 35.5. The minimum atomic E-state index is -1.01. The van der Waals surface area contributed by atoms with Crippen LogP contribution in [-0.4, -0.2) is 29.4 Å². The number of Topliss-reactive ketones (excluding diaryl/α,β-unsaturated/α-hetero) is 1.